The quantitative estimate of drug-likeness (QED) is 0.770. The fourth-order valence-corrected chi connectivity index (χ4v) is 1.91. The van der Waals surface area contributed by atoms with Crippen molar-refractivity contribution in [3.05, 3.63) is 36.0 Å². The minimum atomic E-state index is -0.855. The summed E-state index contributed by atoms with van der Waals surface area (Å²) in [6.45, 7) is 1.80. The van der Waals surface area contributed by atoms with Crippen molar-refractivity contribution in [1.82, 2.24) is 10.3 Å². The molecule has 3 N–H and O–H groups in total. The number of hydrogen-bond acceptors (Lipinski definition) is 2. The number of amides is 1. The predicted molar refractivity (Wildman–Crippen MR) is 72.1 cm³/mol. The first kappa shape index (κ1) is 13.1. The summed E-state index contributed by atoms with van der Waals surface area (Å²) in [4.78, 5) is 25.5. The Morgan fingerprint density at radius 2 is 2.11 bits per heavy atom. The molecule has 1 unspecified atom stereocenters. The number of rotatable bonds is 5. The van der Waals surface area contributed by atoms with E-state index in [1.807, 2.05) is 24.3 Å². The summed E-state index contributed by atoms with van der Waals surface area (Å²) in [5, 5.41) is 12.3. The highest BCUT2D eigenvalue weighted by Gasteiger charge is 2.13. The fraction of sp³-hybridized carbons (Fsp3) is 0.286. The number of aromatic nitrogens is 1. The molecule has 0 fully saturated rings. The molecular formula is C14H16N2O3. The zero-order valence-corrected chi connectivity index (χ0v) is 10.6. The maximum absolute atomic E-state index is 12.0. The van der Waals surface area contributed by atoms with Crippen LogP contribution in [0, 0.1) is 0 Å². The van der Waals surface area contributed by atoms with Gasteiger partial charge in [-0.15, -0.1) is 0 Å². The zero-order valence-electron chi connectivity index (χ0n) is 10.6. The van der Waals surface area contributed by atoms with Crippen molar-refractivity contribution in [2.75, 3.05) is 0 Å². The molecule has 100 valence electrons. The van der Waals surface area contributed by atoms with Crippen molar-refractivity contribution in [3.63, 3.8) is 0 Å². The Kier molecular flexibility index (Phi) is 3.85. The SMILES string of the molecule is CC(CCC(=O)O)NC(=O)c1cc2ccccc2[nH]1. The highest BCUT2D eigenvalue weighted by molar-refractivity contribution is 5.98. The maximum Gasteiger partial charge on any atom is 0.303 e. The first-order chi connectivity index (χ1) is 9.06. The molecule has 1 amide bonds. The number of carboxylic acid groups (broad SMARTS) is 1. The lowest BCUT2D eigenvalue weighted by molar-refractivity contribution is -0.137. The highest BCUT2D eigenvalue weighted by Crippen LogP contribution is 2.14. The third kappa shape index (κ3) is 3.34. The number of hydrogen-bond donors (Lipinski definition) is 3. The first-order valence-electron chi connectivity index (χ1n) is 6.16. The van der Waals surface area contributed by atoms with Gasteiger partial charge >= 0.3 is 5.97 Å². The van der Waals surface area contributed by atoms with Crippen LogP contribution in [0.4, 0.5) is 0 Å². The van der Waals surface area contributed by atoms with Crippen LogP contribution < -0.4 is 5.32 Å². The van der Waals surface area contributed by atoms with Crippen LogP contribution in [0.2, 0.25) is 0 Å². The van der Waals surface area contributed by atoms with Crippen LogP contribution in [0.1, 0.15) is 30.3 Å². The molecule has 5 heteroatoms. The second kappa shape index (κ2) is 5.56. The molecule has 0 radical (unpaired) electrons. The standard InChI is InChI=1S/C14H16N2O3/c1-9(6-7-13(17)18)15-14(19)12-8-10-4-2-3-5-11(10)16-12/h2-5,8-9,16H,6-7H2,1H3,(H,15,19)(H,17,18). The van der Waals surface area contributed by atoms with E-state index in [4.69, 9.17) is 5.11 Å². The molecule has 5 nitrogen and oxygen atoms in total. The van der Waals surface area contributed by atoms with Crippen LogP contribution in [0.5, 0.6) is 0 Å². The molecule has 1 heterocycles. The Morgan fingerprint density at radius 3 is 2.79 bits per heavy atom. The molecular weight excluding hydrogens is 244 g/mol. The van der Waals surface area contributed by atoms with E-state index < -0.39 is 5.97 Å². The second-order valence-electron chi connectivity index (χ2n) is 4.58. The van der Waals surface area contributed by atoms with Crippen molar-refractivity contribution in [2.24, 2.45) is 0 Å². The van der Waals surface area contributed by atoms with Gasteiger partial charge in [0.1, 0.15) is 5.69 Å². The van der Waals surface area contributed by atoms with Gasteiger partial charge in [-0.25, -0.2) is 0 Å². The Bertz CT molecular complexity index is 571. The molecule has 0 bridgehead atoms. The molecule has 1 aromatic carbocycles. The number of carbonyl (C=O) groups is 2. The Balaban J connectivity index is 2.01. The summed E-state index contributed by atoms with van der Waals surface area (Å²) in [6, 6.07) is 9.25. The number of carbonyl (C=O) groups excluding carboxylic acids is 1. The van der Waals surface area contributed by atoms with Crippen LogP contribution in [0.15, 0.2) is 30.3 Å². The number of para-hydroxylation sites is 1. The third-order valence-electron chi connectivity index (χ3n) is 2.94. The normalized spacial score (nSPS) is 12.3. The fourth-order valence-electron chi connectivity index (χ4n) is 1.91. The largest absolute Gasteiger partial charge is 0.481 e. The van der Waals surface area contributed by atoms with Crippen molar-refractivity contribution < 1.29 is 14.7 Å². The van der Waals surface area contributed by atoms with Crippen LogP contribution in [-0.4, -0.2) is 28.0 Å². The summed E-state index contributed by atoms with van der Waals surface area (Å²) >= 11 is 0. The van der Waals surface area contributed by atoms with Crippen LogP contribution in [0.25, 0.3) is 10.9 Å². The van der Waals surface area contributed by atoms with E-state index in [1.54, 1.807) is 13.0 Å². The number of aliphatic carboxylic acids is 1. The smallest absolute Gasteiger partial charge is 0.303 e. The molecule has 1 aromatic heterocycles. The van der Waals surface area contributed by atoms with Gasteiger partial charge in [-0.1, -0.05) is 18.2 Å². The molecule has 0 aliphatic rings. The van der Waals surface area contributed by atoms with Gasteiger partial charge in [0.25, 0.3) is 5.91 Å². The lowest BCUT2D eigenvalue weighted by atomic mass is 10.2. The number of benzene rings is 1. The molecule has 0 aliphatic carbocycles. The molecule has 2 rings (SSSR count). The molecule has 2 aromatic rings. The number of aromatic amines is 1. The lowest BCUT2D eigenvalue weighted by Gasteiger charge is -2.11. The molecule has 0 saturated heterocycles. The average Bonchev–Trinajstić information content (AvgIpc) is 2.80. The predicted octanol–water partition coefficient (Wildman–Crippen LogP) is 2.15. The van der Waals surface area contributed by atoms with Gasteiger partial charge in [0.15, 0.2) is 0 Å². The van der Waals surface area contributed by atoms with Gasteiger partial charge in [-0.05, 0) is 25.5 Å². The van der Waals surface area contributed by atoms with Crippen LogP contribution >= 0.6 is 0 Å². The van der Waals surface area contributed by atoms with Crippen molar-refractivity contribution in [3.8, 4) is 0 Å². The number of nitrogens with one attached hydrogen (secondary N) is 2. The van der Waals surface area contributed by atoms with Gasteiger partial charge in [-0.2, -0.15) is 0 Å². The van der Waals surface area contributed by atoms with Crippen LogP contribution in [-0.2, 0) is 4.79 Å². The molecule has 0 spiro atoms. The van der Waals surface area contributed by atoms with E-state index in [0.29, 0.717) is 12.1 Å². The zero-order chi connectivity index (χ0) is 13.8. The average molecular weight is 260 g/mol. The lowest BCUT2D eigenvalue weighted by Crippen LogP contribution is -2.33. The Morgan fingerprint density at radius 1 is 1.37 bits per heavy atom. The van der Waals surface area contributed by atoms with Gasteiger partial charge in [0.2, 0.25) is 0 Å². The maximum atomic E-state index is 12.0. The second-order valence-corrected chi connectivity index (χ2v) is 4.58. The van der Waals surface area contributed by atoms with E-state index in [-0.39, 0.29) is 18.4 Å². The molecule has 0 aliphatic heterocycles. The highest BCUT2D eigenvalue weighted by atomic mass is 16.4. The van der Waals surface area contributed by atoms with Gasteiger partial charge in [0, 0.05) is 23.4 Å². The Labute approximate surface area is 110 Å². The summed E-state index contributed by atoms with van der Waals surface area (Å²) in [5.41, 5.74) is 1.40. The van der Waals surface area contributed by atoms with E-state index in [2.05, 4.69) is 10.3 Å². The van der Waals surface area contributed by atoms with Gasteiger partial charge in [-0.3, -0.25) is 9.59 Å². The summed E-state index contributed by atoms with van der Waals surface area (Å²) in [6.07, 6.45) is 0.468. The van der Waals surface area contributed by atoms with E-state index in [9.17, 15) is 9.59 Å². The monoisotopic (exact) mass is 260 g/mol. The number of H-pyrrole nitrogens is 1. The topological polar surface area (TPSA) is 82.2 Å². The van der Waals surface area contributed by atoms with E-state index in [0.717, 1.165) is 10.9 Å². The molecule has 19 heavy (non-hydrogen) atoms. The molecule has 0 saturated carbocycles. The van der Waals surface area contributed by atoms with Gasteiger partial charge in [0.05, 0.1) is 0 Å². The number of fused-ring (bicyclic) bond motifs is 1. The summed E-state index contributed by atoms with van der Waals surface area (Å²) in [5.74, 6) is -1.07. The minimum absolute atomic E-state index is 0.0498. The summed E-state index contributed by atoms with van der Waals surface area (Å²) < 4.78 is 0. The Hall–Kier alpha value is -2.30. The van der Waals surface area contributed by atoms with Crippen LogP contribution in [0.3, 0.4) is 0 Å². The van der Waals surface area contributed by atoms with Crippen molar-refractivity contribution in [1.29, 1.82) is 0 Å². The van der Waals surface area contributed by atoms with E-state index in [1.165, 1.54) is 0 Å². The first-order valence-corrected chi connectivity index (χ1v) is 6.16. The van der Waals surface area contributed by atoms with Crippen molar-refractivity contribution >= 4 is 22.8 Å². The van der Waals surface area contributed by atoms with Crippen molar-refractivity contribution in [2.45, 2.75) is 25.8 Å². The molecule has 1 atom stereocenters. The number of carboxylic acids is 1. The summed E-state index contributed by atoms with van der Waals surface area (Å²) in [7, 11) is 0. The van der Waals surface area contributed by atoms with E-state index >= 15 is 0 Å². The minimum Gasteiger partial charge on any atom is -0.481 e. The third-order valence-corrected chi connectivity index (χ3v) is 2.94. The van der Waals surface area contributed by atoms with Gasteiger partial charge < -0.3 is 15.4 Å².